The molecule has 1 aliphatic rings. The summed E-state index contributed by atoms with van der Waals surface area (Å²) in [4.78, 5) is 0. The normalized spacial score (nSPS) is 18.7. The summed E-state index contributed by atoms with van der Waals surface area (Å²) in [5.41, 5.74) is -0.721. The molecule has 0 radical (unpaired) electrons. The van der Waals surface area contributed by atoms with Crippen LogP contribution < -0.4 is 0 Å². The van der Waals surface area contributed by atoms with Crippen molar-refractivity contribution in [2.24, 2.45) is 0 Å². The molecule has 3 nitrogen and oxygen atoms in total. The molecule has 0 saturated heterocycles. The zero-order chi connectivity index (χ0) is 10.3. The summed E-state index contributed by atoms with van der Waals surface area (Å²) in [6.45, 7) is 3.46. The SMILES string of the molecule is C#CC(C)(C)N(C)S(=O)(=O)C1CC1. The number of sulfonamides is 1. The lowest BCUT2D eigenvalue weighted by molar-refractivity contribution is 0.340. The zero-order valence-corrected chi connectivity index (χ0v) is 9.06. The van der Waals surface area contributed by atoms with Gasteiger partial charge in [0.1, 0.15) is 0 Å². The third kappa shape index (κ3) is 1.87. The second-order valence-corrected chi connectivity index (χ2v) is 6.16. The fraction of sp³-hybridized carbons (Fsp3) is 0.778. The molecule has 0 aromatic rings. The topological polar surface area (TPSA) is 37.4 Å². The predicted molar refractivity (Wildman–Crippen MR) is 52.6 cm³/mol. The summed E-state index contributed by atoms with van der Waals surface area (Å²) in [5, 5.41) is -0.190. The number of hydrogen-bond donors (Lipinski definition) is 0. The van der Waals surface area contributed by atoms with Crippen LogP contribution in [0, 0.1) is 12.3 Å². The Kier molecular flexibility index (Phi) is 2.44. The third-order valence-electron chi connectivity index (χ3n) is 2.47. The lowest BCUT2D eigenvalue weighted by Gasteiger charge is -2.29. The molecule has 0 aliphatic heterocycles. The van der Waals surface area contributed by atoms with E-state index in [9.17, 15) is 8.42 Å². The molecule has 0 atom stereocenters. The second kappa shape index (κ2) is 3.00. The molecule has 0 heterocycles. The van der Waals surface area contributed by atoms with Gasteiger partial charge in [-0.3, -0.25) is 0 Å². The molecule has 0 bridgehead atoms. The van der Waals surface area contributed by atoms with Crippen molar-refractivity contribution >= 4 is 10.0 Å². The average molecular weight is 201 g/mol. The maximum Gasteiger partial charge on any atom is 0.218 e. The number of hydrogen-bond acceptors (Lipinski definition) is 2. The van der Waals surface area contributed by atoms with Crippen LogP contribution in [-0.4, -0.2) is 30.6 Å². The van der Waals surface area contributed by atoms with Crippen LogP contribution in [0.5, 0.6) is 0 Å². The van der Waals surface area contributed by atoms with E-state index < -0.39 is 15.6 Å². The number of rotatable bonds is 3. The maximum atomic E-state index is 11.7. The quantitative estimate of drug-likeness (QED) is 0.634. The van der Waals surface area contributed by atoms with Crippen molar-refractivity contribution in [1.82, 2.24) is 4.31 Å². The first kappa shape index (κ1) is 10.6. The molecule has 0 aromatic heterocycles. The molecular weight excluding hydrogens is 186 g/mol. The van der Waals surface area contributed by atoms with E-state index in [2.05, 4.69) is 5.92 Å². The summed E-state index contributed by atoms with van der Waals surface area (Å²) >= 11 is 0. The Morgan fingerprint density at radius 2 is 1.92 bits per heavy atom. The molecule has 74 valence electrons. The molecule has 0 amide bonds. The van der Waals surface area contributed by atoms with Crippen molar-refractivity contribution in [3.63, 3.8) is 0 Å². The second-order valence-electron chi connectivity index (χ2n) is 3.92. The van der Waals surface area contributed by atoms with E-state index in [1.807, 2.05) is 0 Å². The van der Waals surface area contributed by atoms with Crippen LogP contribution >= 0.6 is 0 Å². The Hall–Kier alpha value is -0.530. The van der Waals surface area contributed by atoms with E-state index in [1.165, 1.54) is 4.31 Å². The van der Waals surface area contributed by atoms with E-state index in [1.54, 1.807) is 20.9 Å². The van der Waals surface area contributed by atoms with Crippen LogP contribution in [0.3, 0.4) is 0 Å². The molecule has 1 rings (SSSR count). The maximum absolute atomic E-state index is 11.7. The average Bonchev–Trinajstić information content (AvgIpc) is 2.85. The van der Waals surface area contributed by atoms with E-state index in [0.29, 0.717) is 0 Å². The fourth-order valence-electron chi connectivity index (χ4n) is 0.999. The summed E-state index contributed by atoms with van der Waals surface area (Å²) in [7, 11) is -1.60. The Morgan fingerprint density at radius 3 is 2.23 bits per heavy atom. The molecule has 0 unspecified atom stereocenters. The monoisotopic (exact) mass is 201 g/mol. The van der Waals surface area contributed by atoms with Crippen molar-refractivity contribution in [3.8, 4) is 12.3 Å². The first-order valence-electron chi connectivity index (χ1n) is 4.28. The van der Waals surface area contributed by atoms with Crippen LogP contribution in [0.15, 0.2) is 0 Å². The molecule has 4 heteroatoms. The molecule has 1 aliphatic carbocycles. The van der Waals surface area contributed by atoms with Gasteiger partial charge in [0.2, 0.25) is 10.0 Å². The van der Waals surface area contributed by atoms with Gasteiger partial charge >= 0.3 is 0 Å². The minimum atomic E-state index is -3.14. The van der Waals surface area contributed by atoms with Crippen molar-refractivity contribution in [2.45, 2.75) is 37.5 Å². The Bertz CT molecular complexity index is 333. The molecule has 13 heavy (non-hydrogen) atoms. The smallest absolute Gasteiger partial charge is 0.212 e. The van der Waals surface area contributed by atoms with Crippen molar-refractivity contribution < 1.29 is 8.42 Å². The van der Waals surface area contributed by atoms with Gasteiger partial charge in [-0.25, -0.2) is 8.42 Å². The van der Waals surface area contributed by atoms with Crippen LogP contribution in [0.2, 0.25) is 0 Å². The van der Waals surface area contributed by atoms with Gasteiger partial charge in [0.25, 0.3) is 0 Å². The zero-order valence-electron chi connectivity index (χ0n) is 8.24. The van der Waals surface area contributed by atoms with E-state index in [4.69, 9.17) is 6.42 Å². The van der Waals surface area contributed by atoms with Gasteiger partial charge in [0.15, 0.2) is 0 Å². The van der Waals surface area contributed by atoms with E-state index in [-0.39, 0.29) is 5.25 Å². The summed E-state index contributed by atoms with van der Waals surface area (Å²) in [6, 6.07) is 0. The number of terminal acetylenes is 1. The van der Waals surface area contributed by atoms with Crippen LogP contribution in [-0.2, 0) is 10.0 Å². The molecule has 0 aromatic carbocycles. The lowest BCUT2D eigenvalue weighted by Crippen LogP contribution is -2.45. The van der Waals surface area contributed by atoms with E-state index in [0.717, 1.165) is 12.8 Å². The minimum Gasteiger partial charge on any atom is -0.212 e. The third-order valence-corrected chi connectivity index (χ3v) is 5.00. The van der Waals surface area contributed by atoms with Crippen molar-refractivity contribution in [1.29, 1.82) is 0 Å². The van der Waals surface area contributed by atoms with Gasteiger partial charge in [0.05, 0.1) is 10.8 Å². The highest BCUT2D eigenvalue weighted by atomic mass is 32.2. The Labute approximate surface area is 80.2 Å². The number of nitrogens with zero attached hydrogens (tertiary/aromatic N) is 1. The largest absolute Gasteiger partial charge is 0.218 e. The van der Waals surface area contributed by atoms with Crippen molar-refractivity contribution in [2.75, 3.05) is 7.05 Å². The van der Waals surface area contributed by atoms with Crippen LogP contribution in [0.25, 0.3) is 0 Å². The van der Waals surface area contributed by atoms with E-state index >= 15 is 0 Å². The standard InChI is InChI=1S/C9H15NO2S/c1-5-9(2,3)10(4)13(11,12)8-6-7-8/h1,8H,6-7H2,2-4H3. The molecule has 1 saturated carbocycles. The summed E-state index contributed by atoms with van der Waals surface area (Å²) < 4.78 is 24.8. The van der Waals surface area contributed by atoms with Crippen LogP contribution in [0.4, 0.5) is 0 Å². The molecule has 1 fully saturated rings. The highest BCUT2D eigenvalue weighted by Gasteiger charge is 2.42. The molecule has 0 N–H and O–H groups in total. The first-order valence-corrected chi connectivity index (χ1v) is 5.78. The highest BCUT2D eigenvalue weighted by molar-refractivity contribution is 7.90. The summed E-state index contributed by atoms with van der Waals surface area (Å²) in [6.07, 6.45) is 6.81. The van der Waals surface area contributed by atoms with Crippen molar-refractivity contribution in [3.05, 3.63) is 0 Å². The van der Waals surface area contributed by atoms with Gasteiger partial charge in [-0.1, -0.05) is 5.92 Å². The fourth-order valence-corrected chi connectivity index (χ4v) is 2.87. The first-order chi connectivity index (χ1) is 5.82. The van der Waals surface area contributed by atoms with Gasteiger partial charge < -0.3 is 0 Å². The van der Waals surface area contributed by atoms with Gasteiger partial charge in [-0.05, 0) is 26.7 Å². The summed E-state index contributed by atoms with van der Waals surface area (Å²) in [5.74, 6) is 2.48. The minimum absolute atomic E-state index is 0.190. The van der Waals surface area contributed by atoms with Gasteiger partial charge in [-0.2, -0.15) is 4.31 Å². The Morgan fingerprint density at radius 1 is 1.46 bits per heavy atom. The van der Waals surface area contributed by atoms with Gasteiger partial charge in [0, 0.05) is 7.05 Å². The Balaban J connectivity index is 2.90. The highest BCUT2D eigenvalue weighted by Crippen LogP contribution is 2.33. The predicted octanol–water partition coefficient (Wildman–Crippen LogP) is 0.822. The molecular formula is C9H15NO2S. The lowest BCUT2D eigenvalue weighted by atomic mass is 10.1. The van der Waals surface area contributed by atoms with Crippen LogP contribution in [0.1, 0.15) is 26.7 Å². The molecule has 0 spiro atoms. The van der Waals surface area contributed by atoms with Gasteiger partial charge in [-0.15, -0.1) is 6.42 Å².